The van der Waals surface area contributed by atoms with Crippen LogP contribution < -0.4 is 25.3 Å². The molecule has 0 radical (unpaired) electrons. The number of nitrogens with one attached hydrogen (secondary N) is 1. The SMILES string of the molecule is CC(=O)NCCC1CN(c2ccc3c(c2)CCCN(c2c(F)cc4c(=O)c(C(=O)O)cn5c4c2OCC5C)C3)C(=O)O1. The van der Waals surface area contributed by atoms with Gasteiger partial charge in [-0.25, -0.2) is 14.0 Å². The van der Waals surface area contributed by atoms with Crippen LogP contribution in [0.15, 0.2) is 35.3 Å². The standard InChI is InChI=1S/C30H31FN4O7/c1-16-15-41-28-25-22(27(37)23(29(38)39)14-34(16)25)11-24(31)26(28)33-9-3-4-18-10-20(6-5-19(18)12-33)35-13-21(42-30(35)40)7-8-32-17(2)36/h5-6,10-11,14,16,21H,3-4,7-9,12-13,15H2,1-2H3,(H,32,36)(H,38,39). The molecule has 3 aliphatic rings. The quantitative estimate of drug-likeness (QED) is 0.454. The van der Waals surface area contributed by atoms with E-state index in [0.717, 1.165) is 22.9 Å². The third-order valence-corrected chi connectivity index (χ3v) is 8.14. The summed E-state index contributed by atoms with van der Waals surface area (Å²) in [6.07, 6.45) is 2.51. The second-order valence-electron chi connectivity index (χ2n) is 11.0. The van der Waals surface area contributed by atoms with Gasteiger partial charge in [0.2, 0.25) is 11.3 Å². The fourth-order valence-electron chi connectivity index (χ4n) is 6.05. The lowest BCUT2D eigenvalue weighted by Gasteiger charge is -2.32. The summed E-state index contributed by atoms with van der Waals surface area (Å²) in [6.45, 7) is 5.20. The zero-order valence-electron chi connectivity index (χ0n) is 23.3. The second-order valence-corrected chi connectivity index (χ2v) is 11.0. The smallest absolute Gasteiger partial charge is 0.414 e. The predicted octanol–water partition coefficient (Wildman–Crippen LogP) is 3.60. The van der Waals surface area contributed by atoms with Crippen molar-refractivity contribution in [3.8, 4) is 5.75 Å². The third-order valence-electron chi connectivity index (χ3n) is 8.14. The number of anilines is 2. The van der Waals surface area contributed by atoms with Crippen LogP contribution in [0.4, 0.5) is 20.6 Å². The van der Waals surface area contributed by atoms with Crippen molar-refractivity contribution in [2.45, 2.75) is 51.8 Å². The normalized spacial score (nSPS) is 19.6. The first-order valence-corrected chi connectivity index (χ1v) is 14.0. The van der Waals surface area contributed by atoms with Crippen molar-refractivity contribution < 1.29 is 33.4 Å². The van der Waals surface area contributed by atoms with Crippen LogP contribution in [0.1, 0.15) is 54.2 Å². The van der Waals surface area contributed by atoms with E-state index in [0.29, 0.717) is 51.0 Å². The fourth-order valence-corrected chi connectivity index (χ4v) is 6.05. The highest BCUT2D eigenvalue weighted by Crippen LogP contribution is 2.43. The Hall–Kier alpha value is -4.61. The van der Waals surface area contributed by atoms with Crippen molar-refractivity contribution in [2.24, 2.45) is 0 Å². The lowest BCUT2D eigenvalue weighted by atomic mass is 10.0. The number of carboxylic acid groups (broad SMARTS) is 1. The summed E-state index contributed by atoms with van der Waals surface area (Å²) >= 11 is 0. The monoisotopic (exact) mass is 578 g/mol. The zero-order chi connectivity index (χ0) is 29.7. The van der Waals surface area contributed by atoms with E-state index in [1.165, 1.54) is 13.1 Å². The Morgan fingerprint density at radius 2 is 2.00 bits per heavy atom. The minimum Gasteiger partial charge on any atom is -0.487 e. The van der Waals surface area contributed by atoms with E-state index in [-0.39, 0.29) is 41.5 Å². The highest BCUT2D eigenvalue weighted by molar-refractivity contribution is 5.97. The van der Waals surface area contributed by atoms with Crippen LogP contribution in [-0.4, -0.2) is 60.0 Å². The first-order chi connectivity index (χ1) is 20.1. The summed E-state index contributed by atoms with van der Waals surface area (Å²) in [4.78, 5) is 51.9. The Labute approximate surface area is 240 Å². The number of carbonyl (C=O) groups excluding carboxylic acids is 2. The van der Waals surface area contributed by atoms with Gasteiger partial charge >= 0.3 is 12.1 Å². The number of aromatic nitrogens is 1. The van der Waals surface area contributed by atoms with Gasteiger partial charge in [0.25, 0.3) is 0 Å². The molecule has 3 aromatic rings. The maximum atomic E-state index is 15.8. The van der Waals surface area contributed by atoms with Gasteiger partial charge in [-0.2, -0.15) is 0 Å². The topological polar surface area (TPSA) is 130 Å². The molecule has 1 saturated heterocycles. The number of hydrogen-bond acceptors (Lipinski definition) is 7. The number of rotatable bonds is 6. The van der Waals surface area contributed by atoms with Crippen LogP contribution in [0.5, 0.6) is 5.75 Å². The third kappa shape index (κ3) is 4.80. The van der Waals surface area contributed by atoms with Crippen molar-refractivity contribution >= 4 is 40.2 Å². The van der Waals surface area contributed by atoms with Crippen LogP contribution in [-0.2, 0) is 22.5 Å². The van der Waals surface area contributed by atoms with Crippen molar-refractivity contribution in [2.75, 3.05) is 36.0 Å². The zero-order valence-corrected chi connectivity index (χ0v) is 23.3. The number of pyridine rings is 1. The lowest BCUT2D eigenvalue weighted by molar-refractivity contribution is -0.119. The predicted molar refractivity (Wildman–Crippen MR) is 152 cm³/mol. The van der Waals surface area contributed by atoms with E-state index in [9.17, 15) is 24.3 Å². The molecule has 42 heavy (non-hydrogen) atoms. The molecule has 6 rings (SSSR count). The summed E-state index contributed by atoms with van der Waals surface area (Å²) in [5.41, 5.74) is 2.21. The van der Waals surface area contributed by atoms with E-state index in [1.54, 1.807) is 9.47 Å². The minimum atomic E-state index is -1.36. The highest BCUT2D eigenvalue weighted by atomic mass is 19.1. The maximum Gasteiger partial charge on any atom is 0.414 e. The number of carbonyl (C=O) groups is 3. The number of fused-ring (bicyclic) bond motifs is 1. The van der Waals surface area contributed by atoms with E-state index in [2.05, 4.69) is 5.32 Å². The number of carboxylic acids is 1. The van der Waals surface area contributed by atoms with Crippen molar-refractivity contribution in [3.63, 3.8) is 0 Å². The molecule has 4 heterocycles. The lowest BCUT2D eigenvalue weighted by Crippen LogP contribution is -2.30. The van der Waals surface area contributed by atoms with Gasteiger partial charge in [-0.15, -0.1) is 0 Å². The summed E-state index contributed by atoms with van der Waals surface area (Å²) in [6, 6.07) is 6.63. The molecule has 1 fully saturated rings. The number of nitrogens with zero attached hydrogens (tertiary/aromatic N) is 3. The number of hydrogen-bond donors (Lipinski definition) is 2. The number of cyclic esters (lactones) is 1. The van der Waals surface area contributed by atoms with E-state index in [4.69, 9.17) is 9.47 Å². The summed E-state index contributed by atoms with van der Waals surface area (Å²) < 4.78 is 29.0. The van der Waals surface area contributed by atoms with Gasteiger partial charge < -0.3 is 29.4 Å². The number of halogens is 1. The van der Waals surface area contributed by atoms with E-state index < -0.39 is 28.9 Å². The molecule has 12 heteroatoms. The first kappa shape index (κ1) is 27.6. The highest BCUT2D eigenvalue weighted by Gasteiger charge is 2.34. The van der Waals surface area contributed by atoms with Crippen molar-refractivity contribution in [3.05, 3.63) is 63.2 Å². The molecule has 2 N–H and O–H groups in total. The largest absolute Gasteiger partial charge is 0.487 e. The molecular weight excluding hydrogens is 547 g/mol. The van der Waals surface area contributed by atoms with Gasteiger partial charge in [-0.05, 0) is 49.1 Å². The molecule has 2 atom stereocenters. The maximum absolute atomic E-state index is 15.8. The summed E-state index contributed by atoms with van der Waals surface area (Å²) in [7, 11) is 0. The average Bonchev–Trinajstić information content (AvgIpc) is 3.18. The minimum absolute atomic E-state index is 0.0227. The molecule has 2 unspecified atom stereocenters. The van der Waals surface area contributed by atoms with E-state index in [1.807, 2.05) is 30.0 Å². The molecule has 0 bridgehead atoms. The van der Waals surface area contributed by atoms with Gasteiger partial charge in [0.05, 0.1) is 23.5 Å². The van der Waals surface area contributed by atoms with Gasteiger partial charge in [0.15, 0.2) is 11.6 Å². The number of ether oxygens (including phenoxy) is 2. The van der Waals surface area contributed by atoms with Crippen LogP contribution in [0.3, 0.4) is 0 Å². The second kappa shape index (κ2) is 10.7. The number of amides is 2. The van der Waals surface area contributed by atoms with Crippen LogP contribution in [0.25, 0.3) is 10.9 Å². The average molecular weight is 579 g/mol. The Morgan fingerprint density at radius 3 is 2.76 bits per heavy atom. The van der Waals surface area contributed by atoms with Gasteiger partial charge in [0.1, 0.15) is 24.0 Å². The van der Waals surface area contributed by atoms with Gasteiger partial charge in [0, 0.05) is 44.9 Å². The molecule has 0 spiro atoms. The van der Waals surface area contributed by atoms with Crippen LogP contribution in [0, 0.1) is 5.82 Å². The van der Waals surface area contributed by atoms with Crippen molar-refractivity contribution in [1.82, 2.24) is 9.88 Å². The first-order valence-electron chi connectivity index (χ1n) is 14.0. The van der Waals surface area contributed by atoms with Gasteiger partial charge in [-0.3, -0.25) is 14.5 Å². The van der Waals surface area contributed by atoms with Crippen LogP contribution in [0.2, 0.25) is 0 Å². The Bertz CT molecular complexity index is 1690. The molecular formula is C30H31FN4O7. The molecule has 1 aromatic heterocycles. The fraction of sp³-hybridized carbons (Fsp3) is 0.400. The van der Waals surface area contributed by atoms with E-state index >= 15 is 4.39 Å². The molecule has 220 valence electrons. The Balaban J connectivity index is 1.30. The summed E-state index contributed by atoms with van der Waals surface area (Å²) in [5.74, 6) is -1.90. The Morgan fingerprint density at radius 1 is 1.19 bits per heavy atom. The Kier molecular flexibility index (Phi) is 6.99. The van der Waals surface area contributed by atoms with Gasteiger partial charge in [-0.1, -0.05) is 6.07 Å². The number of aromatic carboxylic acids is 1. The summed E-state index contributed by atoms with van der Waals surface area (Å²) in [5, 5.41) is 12.2. The molecule has 2 amide bonds. The number of aryl methyl sites for hydroxylation is 1. The van der Waals surface area contributed by atoms with Crippen molar-refractivity contribution in [1.29, 1.82) is 0 Å². The number of benzene rings is 2. The molecule has 0 saturated carbocycles. The molecule has 3 aliphatic heterocycles. The molecule has 2 aromatic carbocycles. The molecule has 11 nitrogen and oxygen atoms in total. The van der Waals surface area contributed by atoms with Crippen LogP contribution >= 0.6 is 0 Å². The molecule has 0 aliphatic carbocycles.